The lowest BCUT2D eigenvalue weighted by atomic mass is 10.0. The predicted molar refractivity (Wildman–Crippen MR) is 118 cm³/mol. The summed E-state index contributed by atoms with van der Waals surface area (Å²) in [6.45, 7) is 0.835. The highest BCUT2D eigenvalue weighted by Crippen LogP contribution is 2.26. The normalized spacial score (nSPS) is 12.4. The maximum atomic E-state index is 13.5. The largest absolute Gasteiger partial charge is 0.497 e. The molecule has 7 nitrogen and oxygen atoms in total. The molecule has 7 heteroatoms. The van der Waals surface area contributed by atoms with Crippen molar-refractivity contribution in [3.05, 3.63) is 77.1 Å². The first-order chi connectivity index (χ1) is 14.6. The zero-order valence-corrected chi connectivity index (χ0v) is 17.4. The number of aromatic nitrogens is 4. The van der Waals surface area contributed by atoms with E-state index >= 15 is 0 Å². The van der Waals surface area contributed by atoms with Crippen molar-refractivity contribution in [2.75, 3.05) is 27.7 Å². The fourth-order valence-corrected chi connectivity index (χ4v) is 3.64. The fraction of sp³-hybridized carbons (Fsp3) is 0.261. The molecule has 1 unspecified atom stereocenters. The topological polar surface area (TPSA) is 76.0 Å². The number of nitrogens with zero attached hydrogens (tertiary/aromatic N) is 4. The number of ether oxygens (including phenoxy) is 1. The zero-order valence-electron chi connectivity index (χ0n) is 17.4. The van der Waals surface area contributed by atoms with Crippen LogP contribution in [0.15, 0.2) is 66.0 Å². The smallest absolute Gasteiger partial charge is 0.261 e. The van der Waals surface area contributed by atoms with Crippen molar-refractivity contribution in [2.24, 2.45) is 0 Å². The Kier molecular flexibility index (Phi) is 5.63. The Balaban J connectivity index is 1.83. The van der Waals surface area contributed by atoms with Crippen molar-refractivity contribution < 1.29 is 4.74 Å². The van der Waals surface area contributed by atoms with Crippen LogP contribution >= 0.6 is 0 Å². The van der Waals surface area contributed by atoms with E-state index in [0.29, 0.717) is 10.9 Å². The van der Waals surface area contributed by atoms with Gasteiger partial charge in [-0.2, -0.15) is 5.10 Å². The van der Waals surface area contributed by atoms with E-state index in [1.165, 1.54) is 0 Å². The molecule has 0 saturated heterocycles. The summed E-state index contributed by atoms with van der Waals surface area (Å²) in [6.07, 6.45) is 5.98. The van der Waals surface area contributed by atoms with E-state index in [-0.39, 0.29) is 11.6 Å². The van der Waals surface area contributed by atoms with Crippen LogP contribution in [-0.4, -0.2) is 52.4 Å². The molecule has 2 aromatic carbocycles. The standard InChI is InChI=1S/C23H25N5O2/c1-27(2)10-9-22(17-5-4-6-19(11-17)30-3)28-15-24-21-8-7-16(12-20(21)23(28)29)18-13-25-26-14-18/h4-8,11-15,22H,9-10H2,1-3H3,(H,25,26). The van der Waals surface area contributed by atoms with Crippen molar-refractivity contribution >= 4 is 10.9 Å². The number of benzene rings is 2. The second-order valence-electron chi connectivity index (χ2n) is 7.56. The van der Waals surface area contributed by atoms with Gasteiger partial charge in [0.15, 0.2) is 0 Å². The molecule has 1 N–H and O–H groups in total. The molecule has 0 aliphatic carbocycles. The van der Waals surface area contributed by atoms with Gasteiger partial charge in [-0.05, 0) is 62.5 Å². The molecule has 0 saturated carbocycles. The molecule has 1 atom stereocenters. The summed E-state index contributed by atoms with van der Waals surface area (Å²) in [5.74, 6) is 0.770. The molecule has 154 valence electrons. The van der Waals surface area contributed by atoms with Gasteiger partial charge < -0.3 is 9.64 Å². The van der Waals surface area contributed by atoms with E-state index in [1.54, 1.807) is 24.2 Å². The maximum Gasteiger partial charge on any atom is 0.261 e. The second kappa shape index (κ2) is 8.51. The van der Waals surface area contributed by atoms with Crippen molar-refractivity contribution in [1.82, 2.24) is 24.6 Å². The molecule has 4 aromatic rings. The van der Waals surface area contributed by atoms with Gasteiger partial charge in [-0.25, -0.2) is 4.98 Å². The highest BCUT2D eigenvalue weighted by Gasteiger charge is 2.18. The van der Waals surface area contributed by atoms with Gasteiger partial charge in [0.05, 0.1) is 36.6 Å². The number of hydrogen-bond donors (Lipinski definition) is 1. The Morgan fingerprint density at radius 3 is 2.77 bits per heavy atom. The number of methoxy groups -OCH3 is 1. The van der Waals surface area contributed by atoms with Crippen molar-refractivity contribution in [3.8, 4) is 16.9 Å². The van der Waals surface area contributed by atoms with Crippen LogP contribution in [0.4, 0.5) is 0 Å². The lowest BCUT2D eigenvalue weighted by Gasteiger charge is -2.23. The Morgan fingerprint density at radius 1 is 1.17 bits per heavy atom. The van der Waals surface area contributed by atoms with Crippen LogP contribution < -0.4 is 10.3 Å². The monoisotopic (exact) mass is 403 g/mol. The van der Waals surface area contributed by atoms with Crippen LogP contribution in [0.25, 0.3) is 22.0 Å². The molecule has 0 aliphatic rings. The van der Waals surface area contributed by atoms with Gasteiger partial charge in [-0.3, -0.25) is 14.5 Å². The lowest BCUT2D eigenvalue weighted by molar-refractivity contribution is 0.362. The summed E-state index contributed by atoms with van der Waals surface area (Å²) in [5, 5.41) is 7.41. The fourth-order valence-electron chi connectivity index (χ4n) is 3.64. The van der Waals surface area contributed by atoms with E-state index in [1.807, 2.05) is 62.8 Å². The first-order valence-corrected chi connectivity index (χ1v) is 9.85. The maximum absolute atomic E-state index is 13.5. The van der Waals surface area contributed by atoms with Gasteiger partial charge in [0.25, 0.3) is 5.56 Å². The SMILES string of the molecule is COc1cccc(C(CCN(C)C)n2cnc3ccc(-c4cn[nH]c4)cc3c2=O)c1. The molecule has 0 bridgehead atoms. The van der Waals surface area contributed by atoms with Crippen LogP contribution in [0.2, 0.25) is 0 Å². The van der Waals surface area contributed by atoms with Crippen LogP contribution in [0.3, 0.4) is 0 Å². The summed E-state index contributed by atoms with van der Waals surface area (Å²) < 4.78 is 7.14. The van der Waals surface area contributed by atoms with Gasteiger partial charge in [-0.15, -0.1) is 0 Å². The number of H-pyrrole nitrogens is 1. The van der Waals surface area contributed by atoms with Gasteiger partial charge in [0, 0.05) is 11.8 Å². The average molecular weight is 403 g/mol. The lowest BCUT2D eigenvalue weighted by Crippen LogP contribution is -2.28. The zero-order chi connectivity index (χ0) is 21.1. The van der Waals surface area contributed by atoms with Gasteiger partial charge >= 0.3 is 0 Å². The molecular formula is C23H25N5O2. The van der Waals surface area contributed by atoms with Crippen LogP contribution in [0.5, 0.6) is 5.75 Å². The molecule has 0 spiro atoms. The molecule has 0 amide bonds. The van der Waals surface area contributed by atoms with Crippen molar-refractivity contribution in [1.29, 1.82) is 0 Å². The molecule has 4 rings (SSSR count). The third-order valence-corrected chi connectivity index (χ3v) is 5.28. The van der Waals surface area contributed by atoms with E-state index in [9.17, 15) is 4.79 Å². The predicted octanol–water partition coefficient (Wildman–Crippen LogP) is 3.34. The highest BCUT2D eigenvalue weighted by molar-refractivity contribution is 5.83. The Morgan fingerprint density at radius 2 is 2.03 bits per heavy atom. The third kappa shape index (κ3) is 3.97. The van der Waals surface area contributed by atoms with E-state index in [4.69, 9.17) is 4.74 Å². The summed E-state index contributed by atoms with van der Waals surface area (Å²) in [4.78, 5) is 20.2. The Hall–Kier alpha value is -3.45. The average Bonchev–Trinajstić information content (AvgIpc) is 3.30. The summed E-state index contributed by atoms with van der Waals surface area (Å²) in [5.41, 5.74) is 3.51. The number of hydrogen-bond acceptors (Lipinski definition) is 5. The number of rotatable bonds is 7. The number of nitrogens with one attached hydrogen (secondary N) is 1. The highest BCUT2D eigenvalue weighted by atomic mass is 16.5. The molecule has 0 radical (unpaired) electrons. The van der Waals surface area contributed by atoms with Gasteiger partial charge in [-0.1, -0.05) is 18.2 Å². The first-order valence-electron chi connectivity index (χ1n) is 9.85. The van der Waals surface area contributed by atoms with Crippen LogP contribution in [0, 0.1) is 0 Å². The first kappa shape index (κ1) is 19.8. The molecule has 0 aliphatic heterocycles. The Bertz CT molecular complexity index is 1200. The second-order valence-corrected chi connectivity index (χ2v) is 7.56. The third-order valence-electron chi connectivity index (χ3n) is 5.28. The van der Waals surface area contributed by atoms with Crippen LogP contribution in [0.1, 0.15) is 18.0 Å². The molecule has 2 aromatic heterocycles. The molecule has 0 fully saturated rings. The van der Waals surface area contributed by atoms with E-state index in [0.717, 1.165) is 35.4 Å². The summed E-state index contributed by atoms with van der Waals surface area (Å²) in [6, 6.07) is 13.4. The van der Waals surface area contributed by atoms with Crippen LogP contribution in [-0.2, 0) is 0 Å². The molecule has 2 heterocycles. The summed E-state index contributed by atoms with van der Waals surface area (Å²) >= 11 is 0. The minimum absolute atomic E-state index is 0.0584. The quantitative estimate of drug-likeness (QED) is 0.512. The Labute approximate surface area is 174 Å². The van der Waals surface area contributed by atoms with Gasteiger partial charge in [0.1, 0.15) is 5.75 Å². The minimum atomic E-state index is -0.149. The molecular weight excluding hydrogens is 378 g/mol. The van der Waals surface area contributed by atoms with Crippen molar-refractivity contribution in [2.45, 2.75) is 12.5 Å². The van der Waals surface area contributed by atoms with E-state index < -0.39 is 0 Å². The number of fused-ring (bicyclic) bond motifs is 1. The van der Waals surface area contributed by atoms with E-state index in [2.05, 4.69) is 20.1 Å². The minimum Gasteiger partial charge on any atom is -0.497 e. The molecule has 30 heavy (non-hydrogen) atoms. The van der Waals surface area contributed by atoms with Crippen molar-refractivity contribution in [3.63, 3.8) is 0 Å². The van der Waals surface area contributed by atoms with Gasteiger partial charge in [0.2, 0.25) is 0 Å². The summed E-state index contributed by atoms with van der Waals surface area (Å²) in [7, 11) is 5.71. The number of aromatic amines is 1.